The predicted octanol–water partition coefficient (Wildman–Crippen LogP) is 4.91. The van der Waals surface area contributed by atoms with Gasteiger partial charge < -0.3 is 0 Å². The maximum atomic E-state index is 4.75. The number of nitrogens with zero attached hydrogens (tertiary/aromatic N) is 2. The largest absolute Gasteiger partial charge is 0.261 e. The van der Waals surface area contributed by atoms with Crippen molar-refractivity contribution in [3.63, 3.8) is 0 Å². The Bertz CT molecular complexity index is 646. The summed E-state index contributed by atoms with van der Waals surface area (Å²) in [7, 11) is 0. The lowest BCUT2D eigenvalue weighted by molar-refractivity contribution is 0.510. The van der Waals surface area contributed by atoms with E-state index in [-0.39, 0.29) is 10.8 Å². The van der Waals surface area contributed by atoms with E-state index in [1.165, 1.54) is 22.4 Å². The van der Waals surface area contributed by atoms with Crippen molar-refractivity contribution in [1.29, 1.82) is 0 Å². The van der Waals surface area contributed by atoms with Gasteiger partial charge in [-0.25, -0.2) is 0 Å². The van der Waals surface area contributed by atoms with E-state index in [0.717, 1.165) is 12.1 Å². The molecule has 118 valence electrons. The number of pyridine rings is 2. The molecule has 2 nitrogen and oxygen atoms in total. The Hall–Kier alpha value is -1.70. The molecule has 0 radical (unpaired) electrons. The van der Waals surface area contributed by atoms with E-state index in [0.29, 0.717) is 0 Å². The van der Waals surface area contributed by atoms with Gasteiger partial charge in [-0.3, -0.25) is 9.97 Å². The molecule has 0 saturated heterocycles. The zero-order valence-corrected chi connectivity index (χ0v) is 15.0. The van der Waals surface area contributed by atoms with Gasteiger partial charge in [0.15, 0.2) is 0 Å². The molecule has 0 aliphatic carbocycles. The van der Waals surface area contributed by atoms with Gasteiger partial charge in [0.2, 0.25) is 0 Å². The average molecular weight is 296 g/mol. The molecule has 0 saturated carbocycles. The van der Waals surface area contributed by atoms with Crippen LogP contribution in [-0.4, -0.2) is 9.97 Å². The smallest absolute Gasteiger partial charge is 0.0441 e. The fourth-order valence-corrected chi connectivity index (χ4v) is 2.59. The standard InChI is InChI=1S/C20H28N2/c1-14-10-17(19(3,4)5)13-22-18(14)11-20(6,7)16-9-8-15(2)21-12-16/h8-10,12-13H,11H2,1-7H3. The minimum atomic E-state index is 0.0295. The lowest BCUT2D eigenvalue weighted by atomic mass is 9.80. The zero-order chi connectivity index (χ0) is 16.5. The molecule has 0 unspecified atom stereocenters. The van der Waals surface area contributed by atoms with E-state index in [4.69, 9.17) is 4.98 Å². The second-order valence-electron chi connectivity index (χ2n) is 7.99. The molecule has 2 rings (SSSR count). The molecule has 2 heterocycles. The molecule has 0 amide bonds. The molecule has 0 spiro atoms. The minimum Gasteiger partial charge on any atom is -0.261 e. The third-order valence-corrected chi connectivity index (χ3v) is 4.35. The molecule has 0 aliphatic rings. The van der Waals surface area contributed by atoms with E-state index in [9.17, 15) is 0 Å². The number of aryl methyl sites for hydroxylation is 2. The summed E-state index contributed by atoms with van der Waals surface area (Å²) in [6, 6.07) is 6.55. The molecule has 2 aromatic heterocycles. The Morgan fingerprint density at radius 3 is 2.00 bits per heavy atom. The van der Waals surface area contributed by atoms with Gasteiger partial charge in [0.25, 0.3) is 0 Å². The Morgan fingerprint density at radius 1 is 0.864 bits per heavy atom. The quantitative estimate of drug-likeness (QED) is 0.804. The lowest BCUT2D eigenvalue weighted by Gasteiger charge is -2.26. The van der Waals surface area contributed by atoms with Crippen LogP contribution < -0.4 is 0 Å². The van der Waals surface area contributed by atoms with Crippen molar-refractivity contribution in [2.75, 3.05) is 0 Å². The summed E-state index contributed by atoms with van der Waals surface area (Å²) in [5.74, 6) is 0. The molecule has 22 heavy (non-hydrogen) atoms. The van der Waals surface area contributed by atoms with E-state index >= 15 is 0 Å². The number of hydrogen-bond donors (Lipinski definition) is 0. The van der Waals surface area contributed by atoms with Crippen LogP contribution >= 0.6 is 0 Å². The molecule has 0 aliphatic heterocycles. The molecular weight excluding hydrogens is 268 g/mol. The molecule has 0 aromatic carbocycles. The van der Waals surface area contributed by atoms with Crippen molar-refractivity contribution in [2.45, 2.75) is 65.7 Å². The molecular formula is C20H28N2. The van der Waals surface area contributed by atoms with Crippen molar-refractivity contribution >= 4 is 0 Å². The summed E-state index contributed by atoms with van der Waals surface area (Å²) < 4.78 is 0. The van der Waals surface area contributed by atoms with Gasteiger partial charge in [-0.1, -0.05) is 46.8 Å². The van der Waals surface area contributed by atoms with E-state index in [1.807, 2.05) is 19.3 Å². The fourth-order valence-electron chi connectivity index (χ4n) is 2.59. The second kappa shape index (κ2) is 5.83. The minimum absolute atomic E-state index is 0.0295. The molecule has 2 aromatic rings. The van der Waals surface area contributed by atoms with Crippen LogP contribution in [-0.2, 0) is 17.3 Å². The molecule has 0 N–H and O–H groups in total. The summed E-state index contributed by atoms with van der Waals surface area (Å²) in [5.41, 5.74) is 6.25. The van der Waals surface area contributed by atoms with Gasteiger partial charge in [-0.15, -0.1) is 0 Å². The third-order valence-electron chi connectivity index (χ3n) is 4.35. The monoisotopic (exact) mass is 296 g/mol. The van der Waals surface area contributed by atoms with Gasteiger partial charge in [0.1, 0.15) is 0 Å². The second-order valence-corrected chi connectivity index (χ2v) is 7.99. The molecule has 0 fully saturated rings. The highest BCUT2D eigenvalue weighted by molar-refractivity contribution is 5.31. The van der Waals surface area contributed by atoms with E-state index < -0.39 is 0 Å². The van der Waals surface area contributed by atoms with Crippen molar-refractivity contribution in [1.82, 2.24) is 9.97 Å². The number of aromatic nitrogens is 2. The SMILES string of the molecule is Cc1ccc(C(C)(C)Cc2ncc(C(C)(C)C)cc2C)cn1. The first-order valence-corrected chi connectivity index (χ1v) is 7.99. The van der Waals surface area contributed by atoms with Crippen LogP contribution in [0.25, 0.3) is 0 Å². The maximum absolute atomic E-state index is 4.75. The summed E-state index contributed by atoms with van der Waals surface area (Å²) in [5, 5.41) is 0. The normalized spacial score (nSPS) is 12.5. The summed E-state index contributed by atoms with van der Waals surface area (Å²) in [6.45, 7) is 15.4. The van der Waals surface area contributed by atoms with Gasteiger partial charge in [-0.05, 0) is 53.9 Å². The van der Waals surface area contributed by atoms with Crippen LogP contribution in [0.15, 0.2) is 30.6 Å². The van der Waals surface area contributed by atoms with Crippen molar-refractivity contribution < 1.29 is 0 Å². The average Bonchev–Trinajstić information content (AvgIpc) is 2.40. The lowest BCUT2D eigenvalue weighted by Crippen LogP contribution is -2.22. The highest BCUT2D eigenvalue weighted by Crippen LogP contribution is 2.29. The Kier molecular flexibility index (Phi) is 4.42. The third kappa shape index (κ3) is 3.73. The van der Waals surface area contributed by atoms with E-state index in [2.05, 4.69) is 64.7 Å². The van der Waals surface area contributed by atoms with Crippen LogP contribution in [0.2, 0.25) is 0 Å². The van der Waals surface area contributed by atoms with Crippen LogP contribution in [0.4, 0.5) is 0 Å². The Morgan fingerprint density at radius 2 is 1.50 bits per heavy atom. The summed E-state index contributed by atoms with van der Waals surface area (Å²) in [6.07, 6.45) is 4.95. The van der Waals surface area contributed by atoms with Crippen LogP contribution in [0.1, 0.15) is 62.7 Å². The van der Waals surface area contributed by atoms with Crippen molar-refractivity contribution in [3.8, 4) is 0 Å². The number of hydrogen-bond acceptors (Lipinski definition) is 2. The highest BCUT2D eigenvalue weighted by Gasteiger charge is 2.24. The van der Waals surface area contributed by atoms with Gasteiger partial charge in [-0.2, -0.15) is 0 Å². The topological polar surface area (TPSA) is 25.8 Å². The molecule has 0 atom stereocenters. The van der Waals surface area contributed by atoms with Crippen LogP contribution in [0.3, 0.4) is 0 Å². The maximum Gasteiger partial charge on any atom is 0.0441 e. The first-order valence-electron chi connectivity index (χ1n) is 7.99. The molecule has 2 heteroatoms. The first-order chi connectivity index (χ1) is 10.1. The molecule has 0 bridgehead atoms. The van der Waals surface area contributed by atoms with Crippen LogP contribution in [0, 0.1) is 13.8 Å². The Labute approximate surface area is 135 Å². The fraction of sp³-hybridized carbons (Fsp3) is 0.500. The van der Waals surface area contributed by atoms with Crippen molar-refractivity contribution in [2.24, 2.45) is 0 Å². The summed E-state index contributed by atoms with van der Waals surface area (Å²) in [4.78, 5) is 9.19. The summed E-state index contributed by atoms with van der Waals surface area (Å²) >= 11 is 0. The van der Waals surface area contributed by atoms with Crippen LogP contribution in [0.5, 0.6) is 0 Å². The Balaban J connectivity index is 2.28. The number of rotatable bonds is 3. The zero-order valence-electron chi connectivity index (χ0n) is 15.0. The van der Waals surface area contributed by atoms with Gasteiger partial charge in [0.05, 0.1) is 0 Å². The first kappa shape index (κ1) is 16.7. The highest BCUT2D eigenvalue weighted by atomic mass is 14.7. The van der Waals surface area contributed by atoms with E-state index in [1.54, 1.807) is 0 Å². The van der Waals surface area contributed by atoms with Gasteiger partial charge >= 0.3 is 0 Å². The van der Waals surface area contributed by atoms with Crippen molar-refractivity contribution in [3.05, 3.63) is 58.7 Å². The van der Waals surface area contributed by atoms with Gasteiger partial charge in [0, 0.05) is 23.8 Å². The predicted molar refractivity (Wildman–Crippen MR) is 93.4 cm³/mol.